The van der Waals surface area contributed by atoms with E-state index in [1.165, 1.54) is 0 Å². The maximum atomic E-state index is 13.9. The number of carbonyl (C=O) groups is 1. The summed E-state index contributed by atoms with van der Waals surface area (Å²) in [6.45, 7) is 10.7. The number of hydrogen-bond donors (Lipinski definition) is 2. The number of halogens is 3. The third-order valence-corrected chi connectivity index (χ3v) is 7.58. The van der Waals surface area contributed by atoms with E-state index in [0.29, 0.717) is 11.3 Å². The number of carbonyl (C=O) groups excluding carboxylic acids is 1. The van der Waals surface area contributed by atoms with Crippen LogP contribution in [0.2, 0.25) is 0 Å². The van der Waals surface area contributed by atoms with Gasteiger partial charge >= 0.3 is 12.1 Å². The van der Waals surface area contributed by atoms with Gasteiger partial charge in [-0.1, -0.05) is 13.8 Å². The fraction of sp³-hybridized carbons (Fsp3) is 0.548. The number of nitrogens with zero attached hydrogens (tertiary/aromatic N) is 1. The number of aromatic nitrogens is 1. The number of ether oxygens (including phenoxy) is 2. The van der Waals surface area contributed by atoms with Gasteiger partial charge < -0.3 is 25.4 Å². The second kappa shape index (κ2) is 12.0. The normalized spacial score (nSPS) is 15.0. The molecule has 3 rings (SSSR count). The Morgan fingerprint density at radius 3 is 2.24 bits per heavy atom. The Morgan fingerprint density at radius 1 is 0.976 bits per heavy atom. The molecule has 0 saturated carbocycles. The number of hydrogen-bond acceptors (Lipinski definition) is 7. The van der Waals surface area contributed by atoms with Crippen LogP contribution in [0.5, 0.6) is 5.75 Å². The monoisotopic (exact) mass is 577 g/mol. The van der Waals surface area contributed by atoms with Gasteiger partial charge in [0, 0.05) is 33.8 Å². The molecule has 41 heavy (non-hydrogen) atoms. The number of aryl methyl sites for hydroxylation is 2. The lowest BCUT2D eigenvalue weighted by Gasteiger charge is -2.42. The lowest BCUT2D eigenvalue weighted by atomic mass is 9.68. The highest BCUT2D eigenvalue weighted by atomic mass is 19.4. The third-order valence-electron chi connectivity index (χ3n) is 7.58. The van der Waals surface area contributed by atoms with Gasteiger partial charge in [-0.25, -0.2) is 0 Å². The van der Waals surface area contributed by atoms with Crippen molar-refractivity contribution in [2.75, 3.05) is 13.2 Å². The van der Waals surface area contributed by atoms with E-state index in [-0.39, 0.29) is 12.2 Å². The first-order chi connectivity index (χ1) is 18.9. The average Bonchev–Trinajstić information content (AvgIpc) is 3.28. The molecule has 0 bridgehead atoms. The molecular formula is C31H42F3N3O4. The van der Waals surface area contributed by atoms with E-state index in [0.717, 1.165) is 35.2 Å². The molecule has 226 valence electrons. The molecule has 0 fully saturated rings. The van der Waals surface area contributed by atoms with Crippen molar-refractivity contribution >= 4 is 16.9 Å². The Labute approximate surface area is 239 Å². The second-order valence-electron chi connectivity index (χ2n) is 12.2. The molecule has 2 atom stereocenters. The van der Waals surface area contributed by atoms with Crippen LogP contribution in [0.15, 0.2) is 40.8 Å². The highest BCUT2D eigenvalue weighted by Gasteiger charge is 2.48. The minimum absolute atomic E-state index is 0.203. The summed E-state index contributed by atoms with van der Waals surface area (Å²) in [7, 11) is 0. The zero-order valence-electron chi connectivity index (χ0n) is 24.9. The Hall–Kier alpha value is -3.11. The van der Waals surface area contributed by atoms with Crippen molar-refractivity contribution in [3.63, 3.8) is 0 Å². The fourth-order valence-electron chi connectivity index (χ4n) is 4.66. The topological polar surface area (TPSA) is 114 Å². The van der Waals surface area contributed by atoms with E-state index in [1.807, 2.05) is 32.0 Å². The summed E-state index contributed by atoms with van der Waals surface area (Å²) in [5, 5.41) is 0.781. The summed E-state index contributed by atoms with van der Waals surface area (Å²) in [6.07, 6.45) is -2.86. The maximum Gasteiger partial charge on any atom is 0.398 e. The highest BCUT2D eigenvalue weighted by Crippen LogP contribution is 2.37. The Balaban J connectivity index is 1.72. The Morgan fingerprint density at radius 2 is 1.66 bits per heavy atom. The zero-order valence-corrected chi connectivity index (χ0v) is 24.9. The van der Waals surface area contributed by atoms with Crippen molar-refractivity contribution in [1.29, 1.82) is 0 Å². The number of fused-ring (bicyclic) bond motifs is 1. The number of pyridine rings is 1. The van der Waals surface area contributed by atoms with Gasteiger partial charge in [-0.15, -0.1) is 0 Å². The molecule has 0 aliphatic rings. The SMILES string of the molecule is CCc1ccc(-c2cc3ccc(OCC(COC(=O)C(C)(C)C(C)(N)CC(C)(C)N)C(F)(F)F)cc3o2)c(CC)n1. The van der Waals surface area contributed by atoms with Gasteiger partial charge in [-0.3, -0.25) is 9.78 Å². The molecule has 7 nitrogen and oxygen atoms in total. The molecule has 3 aromatic rings. The van der Waals surface area contributed by atoms with Gasteiger partial charge in [-0.05, 0) is 84.2 Å². The summed E-state index contributed by atoms with van der Waals surface area (Å²) < 4.78 is 58.3. The molecule has 0 spiro atoms. The summed E-state index contributed by atoms with van der Waals surface area (Å²) in [6, 6.07) is 10.7. The van der Waals surface area contributed by atoms with Crippen LogP contribution in [0.25, 0.3) is 22.3 Å². The number of esters is 1. The van der Waals surface area contributed by atoms with Crippen LogP contribution in [-0.2, 0) is 22.4 Å². The molecule has 0 amide bonds. The van der Waals surface area contributed by atoms with Crippen molar-refractivity contribution in [2.45, 2.75) is 85.0 Å². The molecule has 0 radical (unpaired) electrons. The average molecular weight is 578 g/mol. The molecule has 0 aliphatic heterocycles. The van der Waals surface area contributed by atoms with Crippen molar-refractivity contribution in [3.8, 4) is 17.1 Å². The van der Waals surface area contributed by atoms with Crippen LogP contribution in [0.1, 0.15) is 66.3 Å². The minimum atomic E-state index is -4.66. The van der Waals surface area contributed by atoms with Crippen molar-refractivity contribution in [2.24, 2.45) is 22.8 Å². The van der Waals surface area contributed by atoms with E-state index in [1.54, 1.807) is 52.8 Å². The Kier molecular flexibility index (Phi) is 9.50. The van der Waals surface area contributed by atoms with Gasteiger partial charge in [-0.2, -0.15) is 13.2 Å². The first kappa shape index (κ1) is 32.4. The largest absolute Gasteiger partial charge is 0.493 e. The van der Waals surface area contributed by atoms with E-state index in [2.05, 4.69) is 4.98 Å². The van der Waals surface area contributed by atoms with Crippen LogP contribution in [0.4, 0.5) is 13.2 Å². The van der Waals surface area contributed by atoms with Gasteiger partial charge in [0.25, 0.3) is 0 Å². The first-order valence-corrected chi connectivity index (χ1v) is 13.8. The van der Waals surface area contributed by atoms with Crippen molar-refractivity contribution in [1.82, 2.24) is 4.98 Å². The van der Waals surface area contributed by atoms with Crippen LogP contribution >= 0.6 is 0 Å². The molecule has 0 saturated heterocycles. The standard InChI is InChI=1S/C31H42F3N3O4/c1-8-21-11-13-23(24(9-2)37-21)26-14-19-10-12-22(15-25(19)41-26)39-16-20(31(32,33)34)17-40-27(38)29(5,6)30(7,36)18-28(3,4)35/h10-15,20H,8-9,16-18,35-36H2,1-7H3. The molecular weight excluding hydrogens is 535 g/mol. The van der Waals surface area contributed by atoms with E-state index < -0.39 is 47.8 Å². The molecule has 2 unspecified atom stereocenters. The quantitative estimate of drug-likeness (QED) is 0.233. The first-order valence-electron chi connectivity index (χ1n) is 13.8. The van der Waals surface area contributed by atoms with Gasteiger partial charge in [0.05, 0.1) is 11.1 Å². The lowest BCUT2D eigenvalue weighted by molar-refractivity contribution is -0.200. The summed E-state index contributed by atoms with van der Waals surface area (Å²) in [5.74, 6) is -2.06. The predicted octanol–water partition coefficient (Wildman–Crippen LogP) is 6.59. The Bertz CT molecular complexity index is 1360. The zero-order chi connectivity index (χ0) is 30.8. The molecule has 10 heteroatoms. The van der Waals surface area contributed by atoms with Crippen LogP contribution in [0, 0.1) is 11.3 Å². The van der Waals surface area contributed by atoms with Crippen LogP contribution in [0.3, 0.4) is 0 Å². The van der Waals surface area contributed by atoms with Crippen molar-refractivity contribution in [3.05, 3.63) is 47.8 Å². The van der Waals surface area contributed by atoms with Gasteiger partial charge in [0.15, 0.2) is 0 Å². The molecule has 2 aromatic heterocycles. The van der Waals surface area contributed by atoms with E-state index in [4.69, 9.17) is 25.4 Å². The van der Waals surface area contributed by atoms with E-state index in [9.17, 15) is 18.0 Å². The summed E-state index contributed by atoms with van der Waals surface area (Å²) in [5.41, 5.74) is 12.6. The van der Waals surface area contributed by atoms with Gasteiger partial charge in [0.2, 0.25) is 0 Å². The summed E-state index contributed by atoms with van der Waals surface area (Å²) in [4.78, 5) is 17.6. The number of furan rings is 1. The molecule has 2 heterocycles. The number of nitrogens with two attached hydrogens (primary N) is 2. The smallest absolute Gasteiger partial charge is 0.398 e. The van der Waals surface area contributed by atoms with Crippen LogP contribution < -0.4 is 16.2 Å². The maximum absolute atomic E-state index is 13.9. The number of benzene rings is 1. The minimum Gasteiger partial charge on any atom is -0.493 e. The third kappa shape index (κ3) is 7.80. The van der Waals surface area contributed by atoms with Crippen molar-refractivity contribution < 1.29 is 31.9 Å². The van der Waals surface area contributed by atoms with Gasteiger partial charge in [0.1, 0.15) is 36.2 Å². The molecule has 1 aromatic carbocycles. The predicted molar refractivity (Wildman–Crippen MR) is 153 cm³/mol. The lowest BCUT2D eigenvalue weighted by Crippen LogP contribution is -2.59. The fourth-order valence-corrected chi connectivity index (χ4v) is 4.66. The number of rotatable bonds is 12. The van der Waals surface area contributed by atoms with Crippen LogP contribution in [-0.4, -0.2) is 41.4 Å². The molecule has 4 N–H and O–H groups in total. The highest BCUT2D eigenvalue weighted by molar-refractivity contribution is 5.84. The summed E-state index contributed by atoms with van der Waals surface area (Å²) >= 11 is 0. The van der Waals surface area contributed by atoms with E-state index >= 15 is 0 Å². The molecule has 0 aliphatic carbocycles. The number of alkyl halides is 3. The second-order valence-corrected chi connectivity index (χ2v) is 12.2.